The van der Waals surface area contributed by atoms with Crippen LogP contribution in [0.3, 0.4) is 0 Å². The number of aromatic nitrogens is 3. The largest absolute Gasteiger partial charge is 0.337 e. The van der Waals surface area contributed by atoms with E-state index in [-0.39, 0.29) is 11.9 Å². The number of halogens is 1. The Bertz CT molecular complexity index is 681. The molecule has 1 aliphatic rings. The van der Waals surface area contributed by atoms with Gasteiger partial charge in [-0.25, -0.2) is 14.4 Å². The van der Waals surface area contributed by atoms with Gasteiger partial charge in [-0.05, 0) is 25.6 Å². The van der Waals surface area contributed by atoms with E-state index in [0.717, 1.165) is 18.4 Å². The van der Waals surface area contributed by atoms with Gasteiger partial charge in [0, 0.05) is 37.7 Å². The van der Waals surface area contributed by atoms with Gasteiger partial charge < -0.3 is 4.90 Å². The molecule has 1 atom stereocenters. The van der Waals surface area contributed by atoms with Crippen molar-refractivity contribution in [1.82, 2.24) is 24.8 Å². The molecule has 1 fully saturated rings. The third-order valence-electron chi connectivity index (χ3n) is 4.04. The number of carbonyl (C=O) groups excluding carboxylic acids is 1. The van der Waals surface area contributed by atoms with E-state index in [0.29, 0.717) is 25.2 Å². The first-order valence-electron chi connectivity index (χ1n) is 7.49. The van der Waals surface area contributed by atoms with Crippen LogP contribution in [0.5, 0.6) is 0 Å². The molecule has 0 unspecified atom stereocenters. The van der Waals surface area contributed by atoms with Gasteiger partial charge in [0.2, 0.25) is 0 Å². The van der Waals surface area contributed by atoms with E-state index in [1.165, 1.54) is 12.3 Å². The van der Waals surface area contributed by atoms with Crippen molar-refractivity contribution in [2.24, 2.45) is 0 Å². The van der Waals surface area contributed by atoms with E-state index >= 15 is 0 Å². The highest BCUT2D eigenvalue weighted by Gasteiger charge is 2.29. The molecular formula is C16H18FN5O. The molecule has 23 heavy (non-hydrogen) atoms. The molecule has 7 heteroatoms. The Labute approximate surface area is 134 Å². The number of hydrogen-bond acceptors (Lipinski definition) is 5. The molecular weight excluding hydrogens is 297 g/mol. The number of nitrogens with zero attached hydrogens (tertiary/aromatic N) is 5. The standard InChI is InChI=1S/C16H18FN5O/c1-21(11-15-19-4-2-5-20-15)14-3-6-22(10-14)16(23)12-7-13(17)9-18-8-12/h2,4-5,7-9,14H,3,6,10-11H2,1H3/t14-/m0/s1. The topological polar surface area (TPSA) is 62.2 Å². The van der Waals surface area contributed by atoms with Gasteiger partial charge in [0.1, 0.15) is 11.6 Å². The summed E-state index contributed by atoms with van der Waals surface area (Å²) >= 11 is 0. The summed E-state index contributed by atoms with van der Waals surface area (Å²) in [7, 11) is 2.00. The summed E-state index contributed by atoms with van der Waals surface area (Å²) in [6, 6.07) is 3.25. The van der Waals surface area contributed by atoms with Gasteiger partial charge in [-0.15, -0.1) is 0 Å². The smallest absolute Gasteiger partial charge is 0.255 e. The minimum atomic E-state index is -0.495. The van der Waals surface area contributed by atoms with Crippen molar-refractivity contribution < 1.29 is 9.18 Å². The lowest BCUT2D eigenvalue weighted by Crippen LogP contribution is -2.36. The van der Waals surface area contributed by atoms with Crippen LogP contribution in [0.1, 0.15) is 22.6 Å². The number of rotatable bonds is 4. The molecule has 120 valence electrons. The van der Waals surface area contributed by atoms with Crippen LogP contribution in [0, 0.1) is 5.82 Å². The summed E-state index contributed by atoms with van der Waals surface area (Å²) in [5.74, 6) is 0.0860. The molecule has 0 aliphatic carbocycles. The molecule has 0 spiro atoms. The van der Waals surface area contributed by atoms with E-state index in [1.54, 1.807) is 23.4 Å². The van der Waals surface area contributed by atoms with Gasteiger partial charge in [-0.3, -0.25) is 14.7 Å². The molecule has 0 radical (unpaired) electrons. The first-order valence-corrected chi connectivity index (χ1v) is 7.49. The number of likely N-dealkylation sites (N-methyl/N-ethyl adjacent to an activating group) is 1. The van der Waals surface area contributed by atoms with Crippen molar-refractivity contribution in [2.75, 3.05) is 20.1 Å². The molecule has 1 amide bonds. The van der Waals surface area contributed by atoms with E-state index < -0.39 is 5.82 Å². The van der Waals surface area contributed by atoms with E-state index in [9.17, 15) is 9.18 Å². The van der Waals surface area contributed by atoms with Gasteiger partial charge in [0.15, 0.2) is 0 Å². The van der Waals surface area contributed by atoms with Crippen LogP contribution in [0.25, 0.3) is 0 Å². The molecule has 3 rings (SSSR count). The molecule has 6 nitrogen and oxygen atoms in total. The summed E-state index contributed by atoms with van der Waals surface area (Å²) in [5.41, 5.74) is 0.291. The highest BCUT2D eigenvalue weighted by molar-refractivity contribution is 5.94. The molecule has 0 bridgehead atoms. The summed E-state index contributed by atoms with van der Waals surface area (Å²) in [5, 5.41) is 0. The second kappa shape index (κ2) is 6.78. The molecule has 2 aromatic heterocycles. The van der Waals surface area contributed by atoms with Crippen molar-refractivity contribution in [3.8, 4) is 0 Å². The fourth-order valence-electron chi connectivity index (χ4n) is 2.76. The van der Waals surface area contributed by atoms with Crippen molar-refractivity contribution in [3.05, 3.63) is 54.1 Å². The predicted octanol–water partition coefficient (Wildman–Crippen LogP) is 1.36. The quantitative estimate of drug-likeness (QED) is 0.852. The van der Waals surface area contributed by atoms with Gasteiger partial charge in [0.25, 0.3) is 5.91 Å². The van der Waals surface area contributed by atoms with E-state index in [1.807, 2.05) is 7.05 Å². The van der Waals surface area contributed by atoms with Gasteiger partial charge in [0.05, 0.1) is 18.3 Å². The Kier molecular flexibility index (Phi) is 4.57. The maximum absolute atomic E-state index is 13.2. The monoisotopic (exact) mass is 315 g/mol. The van der Waals surface area contributed by atoms with Crippen LogP contribution < -0.4 is 0 Å². The zero-order valence-corrected chi connectivity index (χ0v) is 12.9. The van der Waals surface area contributed by atoms with Crippen molar-refractivity contribution in [3.63, 3.8) is 0 Å². The lowest BCUT2D eigenvalue weighted by Gasteiger charge is -2.23. The van der Waals surface area contributed by atoms with Crippen LogP contribution in [0.15, 0.2) is 36.9 Å². The number of hydrogen-bond donors (Lipinski definition) is 0. The second-order valence-corrected chi connectivity index (χ2v) is 5.67. The Balaban J connectivity index is 1.60. The van der Waals surface area contributed by atoms with Gasteiger partial charge >= 0.3 is 0 Å². The normalized spacial score (nSPS) is 17.7. The fraction of sp³-hybridized carbons (Fsp3) is 0.375. The second-order valence-electron chi connectivity index (χ2n) is 5.67. The SMILES string of the molecule is CN(Cc1ncccn1)[C@H]1CCN(C(=O)c2cncc(F)c2)C1. The van der Waals surface area contributed by atoms with Crippen molar-refractivity contribution in [2.45, 2.75) is 19.0 Å². The number of amides is 1. The summed E-state index contributed by atoms with van der Waals surface area (Å²) in [4.78, 5) is 28.5. The van der Waals surface area contributed by atoms with E-state index in [2.05, 4.69) is 19.9 Å². The molecule has 0 saturated carbocycles. The van der Waals surface area contributed by atoms with E-state index in [4.69, 9.17) is 0 Å². The lowest BCUT2D eigenvalue weighted by molar-refractivity contribution is 0.0778. The Morgan fingerprint density at radius 3 is 2.91 bits per heavy atom. The molecule has 2 aromatic rings. The highest BCUT2D eigenvalue weighted by Crippen LogP contribution is 2.18. The zero-order valence-electron chi connectivity index (χ0n) is 12.9. The predicted molar refractivity (Wildman–Crippen MR) is 82.0 cm³/mol. The van der Waals surface area contributed by atoms with Gasteiger partial charge in [-0.2, -0.15) is 0 Å². The Morgan fingerprint density at radius 1 is 1.39 bits per heavy atom. The minimum Gasteiger partial charge on any atom is -0.337 e. The lowest BCUT2D eigenvalue weighted by atomic mass is 10.2. The average Bonchev–Trinajstić information content (AvgIpc) is 3.05. The minimum absolute atomic E-state index is 0.177. The number of pyridine rings is 1. The maximum Gasteiger partial charge on any atom is 0.255 e. The van der Waals surface area contributed by atoms with Crippen LogP contribution in [-0.4, -0.2) is 56.8 Å². The zero-order chi connectivity index (χ0) is 16.2. The van der Waals surface area contributed by atoms with Crippen LogP contribution >= 0.6 is 0 Å². The van der Waals surface area contributed by atoms with Gasteiger partial charge in [-0.1, -0.05) is 0 Å². The average molecular weight is 315 g/mol. The first kappa shape index (κ1) is 15.5. The third-order valence-corrected chi connectivity index (χ3v) is 4.04. The molecule has 1 aliphatic heterocycles. The van der Waals surface area contributed by atoms with Crippen LogP contribution in [0.2, 0.25) is 0 Å². The Morgan fingerprint density at radius 2 is 2.17 bits per heavy atom. The molecule has 0 N–H and O–H groups in total. The summed E-state index contributed by atoms with van der Waals surface area (Å²) < 4.78 is 13.2. The first-order chi connectivity index (χ1) is 11.1. The highest BCUT2D eigenvalue weighted by atomic mass is 19.1. The fourth-order valence-corrected chi connectivity index (χ4v) is 2.76. The summed E-state index contributed by atoms with van der Waals surface area (Å²) in [6.07, 6.45) is 6.81. The van der Waals surface area contributed by atoms with Crippen molar-refractivity contribution in [1.29, 1.82) is 0 Å². The Hall–Kier alpha value is -2.41. The molecule has 1 saturated heterocycles. The molecule has 3 heterocycles. The third kappa shape index (κ3) is 3.68. The van der Waals surface area contributed by atoms with Crippen LogP contribution in [0.4, 0.5) is 4.39 Å². The van der Waals surface area contributed by atoms with Crippen molar-refractivity contribution >= 4 is 5.91 Å². The number of carbonyl (C=O) groups is 1. The number of likely N-dealkylation sites (tertiary alicyclic amines) is 1. The molecule has 0 aromatic carbocycles. The van der Waals surface area contributed by atoms with Crippen LogP contribution in [-0.2, 0) is 6.54 Å². The maximum atomic E-state index is 13.2. The summed E-state index contributed by atoms with van der Waals surface area (Å²) in [6.45, 7) is 1.90.